The molecule has 3 fully saturated rings. The molecule has 31 heavy (non-hydrogen) atoms. The Bertz CT molecular complexity index is 742. The zero-order valence-electron chi connectivity index (χ0n) is 19.6. The fourth-order valence-electron chi connectivity index (χ4n) is 7.20. The van der Waals surface area contributed by atoms with Crippen LogP contribution in [-0.4, -0.2) is 0 Å². The molecule has 0 bridgehead atoms. The molecule has 2 heteroatoms. The largest absolute Gasteiger partial charge is 0.206 e. The number of benzene rings is 1. The van der Waals surface area contributed by atoms with E-state index in [1.165, 1.54) is 96.3 Å². The van der Waals surface area contributed by atoms with Crippen LogP contribution in [0.2, 0.25) is 0 Å². The summed E-state index contributed by atoms with van der Waals surface area (Å²) in [6.07, 6.45) is 21.2. The summed E-state index contributed by atoms with van der Waals surface area (Å²) >= 11 is 0. The van der Waals surface area contributed by atoms with Crippen LogP contribution in [0.5, 0.6) is 0 Å². The van der Waals surface area contributed by atoms with Crippen molar-refractivity contribution in [2.24, 2.45) is 29.6 Å². The van der Waals surface area contributed by atoms with Gasteiger partial charge in [-0.1, -0.05) is 77.2 Å². The Labute approximate surface area is 189 Å². The molecule has 0 heterocycles. The molecule has 0 saturated heterocycles. The zero-order chi connectivity index (χ0) is 21.6. The number of nitriles is 1. The van der Waals surface area contributed by atoms with Gasteiger partial charge < -0.3 is 0 Å². The Morgan fingerprint density at radius 1 is 0.839 bits per heavy atom. The molecular formula is C29H42FN. The highest BCUT2D eigenvalue weighted by molar-refractivity contribution is 5.35. The monoisotopic (exact) mass is 423 g/mol. The number of hydrogen-bond acceptors (Lipinski definition) is 1. The molecule has 3 aliphatic rings. The molecule has 3 saturated carbocycles. The number of halogens is 1. The molecule has 1 aromatic carbocycles. The second kappa shape index (κ2) is 11.0. The van der Waals surface area contributed by atoms with Gasteiger partial charge in [0.05, 0.1) is 5.56 Å². The van der Waals surface area contributed by atoms with E-state index in [0.717, 1.165) is 35.2 Å². The van der Waals surface area contributed by atoms with Crippen LogP contribution in [0.15, 0.2) is 18.2 Å². The van der Waals surface area contributed by atoms with Crippen molar-refractivity contribution < 1.29 is 4.39 Å². The van der Waals surface area contributed by atoms with Crippen molar-refractivity contribution in [1.29, 1.82) is 5.26 Å². The Kier molecular flexibility index (Phi) is 8.08. The number of hydrogen-bond donors (Lipinski definition) is 0. The van der Waals surface area contributed by atoms with E-state index in [-0.39, 0.29) is 11.4 Å². The molecule has 0 amide bonds. The summed E-state index contributed by atoms with van der Waals surface area (Å²) in [7, 11) is 0. The van der Waals surface area contributed by atoms with Crippen LogP contribution < -0.4 is 0 Å². The third kappa shape index (κ3) is 5.91. The molecule has 4 rings (SSSR count). The van der Waals surface area contributed by atoms with Gasteiger partial charge in [-0.15, -0.1) is 0 Å². The molecule has 4 unspecified atom stereocenters. The lowest BCUT2D eigenvalue weighted by Crippen LogP contribution is -2.30. The number of rotatable bonds is 7. The molecule has 1 aromatic rings. The quantitative estimate of drug-likeness (QED) is 0.430. The highest BCUT2D eigenvalue weighted by Crippen LogP contribution is 2.49. The van der Waals surface area contributed by atoms with Crippen LogP contribution in [0, 0.1) is 46.7 Å². The van der Waals surface area contributed by atoms with Gasteiger partial charge in [-0.2, -0.15) is 5.26 Å². The standard InChI is InChI=1S/C29H42FN/c1-2-3-4-21-5-7-22(8-6-21)9-10-23-11-12-25-18-26(14-13-24(25)17-23)27-15-16-28(20-31)29(30)19-27/h15-16,19,21-26H,2-14,17-18H2,1H3. The van der Waals surface area contributed by atoms with Crippen LogP contribution in [-0.2, 0) is 0 Å². The molecule has 0 radical (unpaired) electrons. The van der Waals surface area contributed by atoms with E-state index in [2.05, 4.69) is 6.92 Å². The highest BCUT2D eigenvalue weighted by atomic mass is 19.1. The summed E-state index contributed by atoms with van der Waals surface area (Å²) in [5, 5.41) is 8.98. The summed E-state index contributed by atoms with van der Waals surface area (Å²) < 4.78 is 14.1. The van der Waals surface area contributed by atoms with Gasteiger partial charge >= 0.3 is 0 Å². The van der Waals surface area contributed by atoms with Crippen LogP contribution >= 0.6 is 0 Å². The first-order chi connectivity index (χ1) is 15.2. The molecular weight excluding hydrogens is 381 g/mol. The third-order valence-electron chi connectivity index (χ3n) is 9.22. The molecule has 0 aromatic heterocycles. The average molecular weight is 424 g/mol. The van der Waals surface area contributed by atoms with Crippen LogP contribution in [0.25, 0.3) is 0 Å². The molecule has 4 atom stereocenters. The predicted molar refractivity (Wildman–Crippen MR) is 126 cm³/mol. The molecule has 0 aliphatic heterocycles. The van der Waals surface area contributed by atoms with Crippen LogP contribution in [0.3, 0.4) is 0 Å². The fraction of sp³-hybridized carbons (Fsp3) is 0.759. The van der Waals surface area contributed by atoms with Crippen molar-refractivity contribution >= 4 is 0 Å². The topological polar surface area (TPSA) is 23.8 Å². The molecule has 0 N–H and O–H groups in total. The summed E-state index contributed by atoms with van der Waals surface area (Å²) in [5.41, 5.74) is 1.29. The molecule has 1 nitrogen and oxygen atoms in total. The van der Waals surface area contributed by atoms with Gasteiger partial charge in [0.1, 0.15) is 11.9 Å². The maximum Gasteiger partial charge on any atom is 0.141 e. The first-order valence-electron chi connectivity index (χ1n) is 13.4. The number of fused-ring (bicyclic) bond motifs is 1. The zero-order valence-corrected chi connectivity index (χ0v) is 19.6. The van der Waals surface area contributed by atoms with E-state index in [9.17, 15) is 4.39 Å². The van der Waals surface area contributed by atoms with Crippen molar-refractivity contribution in [2.75, 3.05) is 0 Å². The lowest BCUT2D eigenvalue weighted by molar-refractivity contribution is 0.108. The number of unbranched alkanes of at least 4 members (excludes halogenated alkanes) is 1. The van der Waals surface area contributed by atoms with Crippen molar-refractivity contribution in [3.63, 3.8) is 0 Å². The Hall–Kier alpha value is -1.36. The van der Waals surface area contributed by atoms with E-state index >= 15 is 0 Å². The summed E-state index contributed by atoms with van der Waals surface area (Å²) in [4.78, 5) is 0. The highest BCUT2D eigenvalue weighted by Gasteiger charge is 2.36. The minimum atomic E-state index is -0.342. The number of nitrogens with zero attached hydrogens (tertiary/aromatic N) is 1. The van der Waals surface area contributed by atoms with E-state index < -0.39 is 0 Å². The first-order valence-corrected chi connectivity index (χ1v) is 13.4. The van der Waals surface area contributed by atoms with Gasteiger partial charge in [0.2, 0.25) is 0 Å². The summed E-state index contributed by atoms with van der Waals surface area (Å²) in [6, 6.07) is 7.24. The maximum absolute atomic E-state index is 14.1. The van der Waals surface area contributed by atoms with E-state index in [0.29, 0.717) is 5.92 Å². The molecule has 3 aliphatic carbocycles. The third-order valence-corrected chi connectivity index (χ3v) is 9.22. The van der Waals surface area contributed by atoms with Crippen molar-refractivity contribution in [1.82, 2.24) is 0 Å². The SMILES string of the molecule is CCCCC1CCC(CCC2CCC3CC(c4ccc(C#N)c(F)c4)CCC3C2)CC1. The van der Waals surface area contributed by atoms with Crippen molar-refractivity contribution in [3.8, 4) is 6.07 Å². The Balaban J connectivity index is 1.20. The van der Waals surface area contributed by atoms with E-state index in [1.54, 1.807) is 12.1 Å². The van der Waals surface area contributed by atoms with E-state index in [1.807, 2.05) is 12.1 Å². The second-order valence-corrected chi connectivity index (χ2v) is 11.2. The van der Waals surface area contributed by atoms with Crippen molar-refractivity contribution in [3.05, 3.63) is 35.1 Å². The smallest absolute Gasteiger partial charge is 0.141 e. The fourth-order valence-corrected chi connectivity index (χ4v) is 7.20. The minimum Gasteiger partial charge on any atom is -0.206 e. The van der Waals surface area contributed by atoms with E-state index in [4.69, 9.17) is 5.26 Å². The normalized spacial score (nSPS) is 33.5. The van der Waals surface area contributed by atoms with Crippen LogP contribution in [0.4, 0.5) is 4.39 Å². The van der Waals surface area contributed by atoms with Crippen molar-refractivity contribution in [2.45, 2.75) is 109 Å². The predicted octanol–water partition coefficient (Wildman–Crippen LogP) is 8.77. The summed E-state index contributed by atoms with van der Waals surface area (Å²) in [6.45, 7) is 2.32. The minimum absolute atomic E-state index is 0.174. The first kappa shape index (κ1) is 22.8. The summed E-state index contributed by atoms with van der Waals surface area (Å²) in [5.74, 6) is 4.89. The average Bonchev–Trinajstić information content (AvgIpc) is 2.81. The van der Waals surface area contributed by atoms with Gasteiger partial charge in [-0.3, -0.25) is 0 Å². The lowest BCUT2D eigenvalue weighted by Gasteiger charge is -2.43. The van der Waals surface area contributed by atoms with Gasteiger partial charge in [0, 0.05) is 0 Å². The van der Waals surface area contributed by atoms with Crippen LogP contribution in [0.1, 0.15) is 120 Å². The molecule has 0 spiro atoms. The second-order valence-electron chi connectivity index (χ2n) is 11.2. The Morgan fingerprint density at radius 2 is 1.48 bits per heavy atom. The molecule has 170 valence electrons. The maximum atomic E-state index is 14.1. The van der Waals surface area contributed by atoms with Gasteiger partial charge in [0.25, 0.3) is 0 Å². The Morgan fingerprint density at radius 3 is 2.19 bits per heavy atom. The van der Waals surface area contributed by atoms with Gasteiger partial charge in [-0.25, -0.2) is 4.39 Å². The van der Waals surface area contributed by atoms with Gasteiger partial charge in [-0.05, 0) is 85.3 Å². The van der Waals surface area contributed by atoms with Gasteiger partial charge in [0.15, 0.2) is 0 Å². The lowest BCUT2D eigenvalue weighted by atomic mass is 9.63.